The van der Waals surface area contributed by atoms with Crippen molar-refractivity contribution in [2.45, 2.75) is 36.6 Å². The Kier molecular flexibility index (Phi) is 8.19. The Hall–Kier alpha value is -1.11. The zero-order valence-electron chi connectivity index (χ0n) is 14.5. The molecule has 2 rings (SSSR count). The second-order valence-electron chi connectivity index (χ2n) is 6.06. The van der Waals surface area contributed by atoms with Gasteiger partial charge in [-0.3, -0.25) is 4.79 Å². The molecule has 0 aliphatic heterocycles. The van der Waals surface area contributed by atoms with E-state index in [2.05, 4.69) is 5.32 Å². The van der Waals surface area contributed by atoms with E-state index < -0.39 is 0 Å². The van der Waals surface area contributed by atoms with Gasteiger partial charge in [0.1, 0.15) is 0 Å². The Balaban J connectivity index is 0.00000288. The highest BCUT2D eigenvalue weighted by molar-refractivity contribution is 7.99. The molecule has 1 aliphatic rings. The highest BCUT2D eigenvalue weighted by Crippen LogP contribution is 2.39. The first-order valence-corrected chi connectivity index (χ1v) is 8.87. The van der Waals surface area contributed by atoms with Crippen LogP contribution in [0.3, 0.4) is 0 Å². The van der Waals surface area contributed by atoms with E-state index in [1.807, 2.05) is 25.1 Å². The van der Waals surface area contributed by atoms with E-state index in [0.717, 1.165) is 17.7 Å². The number of rotatable bonds is 9. The molecule has 0 heterocycles. The number of methoxy groups -OCH3 is 2. The van der Waals surface area contributed by atoms with Gasteiger partial charge < -0.3 is 20.5 Å². The van der Waals surface area contributed by atoms with Crippen LogP contribution in [0.4, 0.5) is 0 Å². The number of nitrogens with two attached hydrogens (primary N) is 1. The summed E-state index contributed by atoms with van der Waals surface area (Å²) in [6.07, 6.45) is 2.80. The Morgan fingerprint density at radius 2 is 2.00 bits per heavy atom. The van der Waals surface area contributed by atoms with Crippen molar-refractivity contribution in [3.05, 3.63) is 18.2 Å². The summed E-state index contributed by atoms with van der Waals surface area (Å²) >= 11 is 1.63. The fraction of sp³-hybridized carbons (Fsp3) is 0.588. The normalized spacial score (nSPS) is 15.8. The Bertz CT molecular complexity index is 555. The van der Waals surface area contributed by atoms with E-state index in [1.165, 1.54) is 0 Å². The van der Waals surface area contributed by atoms with E-state index in [-0.39, 0.29) is 23.9 Å². The zero-order chi connectivity index (χ0) is 16.9. The van der Waals surface area contributed by atoms with Crippen LogP contribution in [0.5, 0.6) is 11.5 Å². The summed E-state index contributed by atoms with van der Waals surface area (Å²) in [5, 5.41) is 3.11. The van der Waals surface area contributed by atoms with Gasteiger partial charge in [-0.25, -0.2) is 0 Å². The number of hydrogen-bond donors (Lipinski definition) is 2. The largest absolute Gasteiger partial charge is 0.493 e. The summed E-state index contributed by atoms with van der Waals surface area (Å²) in [4.78, 5) is 13.2. The Labute approximate surface area is 154 Å². The van der Waals surface area contributed by atoms with Gasteiger partial charge in [-0.15, -0.1) is 24.2 Å². The number of halogens is 1. The van der Waals surface area contributed by atoms with Crippen LogP contribution in [0.2, 0.25) is 0 Å². The van der Waals surface area contributed by atoms with Crippen molar-refractivity contribution in [3.8, 4) is 11.5 Å². The number of ether oxygens (including phenoxy) is 2. The first-order valence-electron chi connectivity index (χ1n) is 7.88. The van der Waals surface area contributed by atoms with Gasteiger partial charge in [0.15, 0.2) is 11.5 Å². The minimum atomic E-state index is -0.245. The van der Waals surface area contributed by atoms with Crippen LogP contribution in [0.15, 0.2) is 23.1 Å². The first kappa shape index (κ1) is 20.9. The highest BCUT2D eigenvalue weighted by atomic mass is 35.5. The van der Waals surface area contributed by atoms with E-state index in [0.29, 0.717) is 36.1 Å². The van der Waals surface area contributed by atoms with Crippen LogP contribution < -0.4 is 20.5 Å². The molecule has 0 spiro atoms. The molecule has 24 heavy (non-hydrogen) atoms. The quantitative estimate of drug-likeness (QED) is 0.650. The summed E-state index contributed by atoms with van der Waals surface area (Å²) < 4.78 is 10.5. The minimum Gasteiger partial charge on any atom is -0.493 e. The lowest BCUT2D eigenvalue weighted by molar-refractivity contribution is -0.122. The third-order valence-electron chi connectivity index (χ3n) is 4.28. The average molecular weight is 375 g/mol. The van der Waals surface area contributed by atoms with Crippen molar-refractivity contribution in [2.24, 2.45) is 11.7 Å². The van der Waals surface area contributed by atoms with E-state index in [9.17, 15) is 4.79 Å². The molecule has 1 unspecified atom stereocenters. The molecular formula is C17H27ClN2O3S. The molecule has 0 aromatic heterocycles. The SMILES string of the molecule is COc1ccc(SCCC(=O)NC(C)(CN)C2CC2)cc1OC.Cl. The van der Waals surface area contributed by atoms with Crippen molar-refractivity contribution in [1.29, 1.82) is 0 Å². The number of hydrogen-bond acceptors (Lipinski definition) is 5. The molecule has 1 amide bonds. The van der Waals surface area contributed by atoms with Crippen LogP contribution in [-0.2, 0) is 4.79 Å². The van der Waals surface area contributed by atoms with E-state index >= 15 is 0 Å². The van der Waals surface area contributed by atoms with Gasteiger partial charge in [-0.2, -0.15) is 0 Å². The van der Waals surface area contributed by atoms with Crippen LogP contribution in [0.25, 0.3) is 0 Å². The van der Waals surface area contributed by atoms with Gasteiger partial charge in [0.25, 0.3) is 0 Å². The van der Waals surface area contributed by atoms with Gasteiger partial charge >= 0.3 is 0 Å². The lowest BCUT2D eigenvalue weighted by Gasteiger charge is -2.29. The molecule has 3 N–H and O–H groups in total. The summed E-state index contributed by atoms with van der Waals surface area (Å²) in [7, 11) is 3.23. The van der Waals surface area contributed by atoms with Gasteiger partial charge in [-0.05, 0) is 43.9 Å². The Morgan fingerprint density at radius 3 is 2.54 bits per heavy atom. The summed E-state index contributed by atoms with van der Waals surface area (Å²) in [6.45, 7) is 2.54. The van der Waals surface area contributed by atoms with Crippen molar-refractivity contribution < 1.29 is 14.3 Å². The van der Waals surface area contributed by atoms with Crippen LogP contribution in [-0.4, -0.2) is 38.0 Å². The monoisotopic (exact) mass is 374 g/mol. The van der Waals surface area contributed by atoms with Crippen molar-refractivity contribution in [1.82, 2.24) is 5.32 Å². The molecule has 1 saturated carbocycles. The molecular weight excluding hydrogens is 348 g/mol. The fourth-order valence-corrected chi connectivity index (χ4v) is 3.47. The Morgan fingerprint density at radius 1 is 1.33 bits per heavy atom. The molecule has 7 heteroatoms. The highest BCUT2D eigenvalue weighted by Gasteiger charge is 2.41. The molecule has 1 atom stereocenters. The maximum absolute atomic E-state index is 12.1. The molecule has 1 aliphatic carbocycles. The zero-order valence-corrected chi connectivity index (χ0v) is 16.1. The summed E-state index contributed by atoms with van der Waals surface area (Å²) in [5.74, 6) is 2.73. The van der Waals surface area contributed by atoms with Crippen LogP contribution in [0.1, 0.15) is 26.2 Å². The molecule has 1 fully saturated rings. The van der Waals surface area contributed by atoms with Crippen LogP contribution >= 0.6 is 24.2 Å². The van der Waals surface area contributed by atoms with Crippen molar-refractivity contribution in [3.63, 3.8) is 0 Å². The summed E-state index contributed by atoms with van der Waals surface area (Å²) in [6, 6.07) is 5.77. The number of nitrogens with one attached hydrogen (secondary N) is 1. The van der Waals surface area contributed by atoms with Gasteiger partial charge in [0, 0.05) is 23.6 Å². The number of carbonyl (C=O) groups is 1. The second kappa shape index (κ2) is 9.39. The van der Waals surface area contributed by atoms with Gasteiger partial charge in [0.2, 0.25) is 5.91 Å². The predicted octanol–water partition coefficient (Wildman–Crippen LogP) is 2.85. The average Bonchev–Trinajstić information content (AvgIpc) is 3.39. The molecule has 0 saturated heterocycles. The lowest BCUT2D eigenvalue weighted by Crippen LogP contribution is -2.53. The van der Waals surface area contributed by atoms with E-state index in [4.69, 9.17) is 15.2 Å². The third-order valence-corrected chi connectivity index (χ3v) is 5.28. The number of amides is 1. The maximum atomic E-state index is 12.1. The molecule has 0 radical (unpaired) electrons. The predicted molar refractivity (Wildman–Crippen MR) is 100 cm³/mol. The minimum absolute atomic E-state index is 0. The number of thioether (sulfide) groups is 1. The lowest BCUT2D eigenvalue weighted by atomic mass is 9.96. The molecule has 0 bridgehead atoms. The van der Waals surface area contributed by atoms with Crippen molar-refractivity contribution in [2.75, 3.05) is 26.5 Å². The molecule has 1 aromatic carbocycles. The third kappa shape index (κ3) is 5.46. The first-order chi connectivity index (χ1) is 11.0. The van der Waals surface area contributed by atoms with Gasteiger partial charge in [-0.1, -0.05) is 0 Å². The number of carbonyl (C=O) groups excluding carboxylic acids is 1. The van der Waals surface area contributed by atoms with Crippen molar-refractivity contribution >= 4 is 30.1 Å². The topological polar surface area (TPSA) is 73.6 Å². The smallest absolute Gasteiger partial charge is 0.221 e. The number of benzene rings is 1. The molecule has 136 valence electrons. The maximum Gasteiger partial charge on any atom is 0.221 e. The second-order valence-corrected chi connectivity index (χ2v) is 7.23. The van der Waals surface area contributed by atoms with Crippen LogP contribution in [0, 0.1) is 5.92 Å². The molecule has 1 aromatic rings. The van der Waals surface area contributed by atoms with Gasteiger partial charge in [0.05, 0.1) is 19.8 Å². The standard InChI is InChI=1S/C17H26N2O3S.ClH/c1-17(11-18,12-4-5-12)19-16(20)8-9-23-13-6-7-14(21-2)15(10-13)22-3;/h6-7,10,12H,4-5,8-9,11,18H2,1-3H3,(H,19,20);1H. The molecule has 5 nitrogen and oxygen atoms in total. The summed E-state index contributed by atoms with van der Waals surface area (Å²) in [5.41, 5.74) is 5.58. The van der Waals surface area contributed by atoms with E-state index in [1.54, 1.807) is 26.0 Å². The fourth-order valence-electron chi connectivity index (χ4n) is 2.59.